The number of ether oxygens (including phenoxy) is 1. The lowest BCUT2D eigenvalue weighted by atomic mass is 9.84. The molecule has 0 amide bonds. The minimum absolute atomic E-state index is 0.292. The van der Waals surface area contributed by atoms with Crippen molar-refractivity contribution >= 4 is 39.2 Å². The van der Waals surface area contributed by atoms with Gasteiger partial charge in [0.25, 0.3) is 0 Å². The highest BCUT2D eigenvalue weighted by molar-refractivity contribution is 7.16. The molecule has 5 nitrogen and oxygen atoms in total. The lowest BCUT2D eigenvalue weighted by molar-refractivity contribution is 0.0526. The Kier molecular flexibility index (Phi) is 7.84. The molecular weight excluding hydrogens is 486 g/mol. The zero-order valence-corrected chi connectivity index (χ0v) is 22.3. The Morgan fingerprint density at radius 1 is 1.17 bits per heavy atom. The number of nitrogens with zero attached hydrogens (tertiary/aromatic N) is 2. The highest BCUT2D eigenvalue weighted by Gasteiger charge is 2.26. The fourth-order valence-corrected chi connectivity index (χ4v) is 7.30. The molecule has 1 N–H and O–H groups in total. The first-order valence-corrected chi connectivity index (χ1v) is 14.6. The number of aromatic nitrogens is 1. The van der Waals surface area contributed by atoms with Crippen molar-refractivity contribution in [2.24, 2.45) is 0 Å². The van der Waals surface area contributed by atoms with Crippen LogP contribution in [0.25, 0.3) is 16.8 Å². The second-order valence-electron chi connectivity index (χ2n) is 9.44. The number of carbonyl (C=O) groups excluding carboxylic acids is 1. The number of carbonyl (C=O) groups is 1. The van der Waals surface area contributed by atoms with E-state index in [1.807, 2.05) is 12.3 Å². The van der Waals surface area contributed by atoms with Gasteiger partial charge >= 0.3 is 5.97 Å². The number of nitriles is 1. The zero-order valence-electron chi connectivity index (χ0n) is 20.6. The molecule has 1 fully saturated rings. The van der Waals surface area contributed by atoms with Crippen molar-refractivity contribution in [1.82, 2.24) is 4.98 Å². The Morgan fingerprint density at radius 2 is 1.94 bits per heavy atom. The number of rotatable bonds is 7. The second-order valence-corrected chi connectivity index (χ2v) is 11.4. The Hall–Kier alpha value is -2.95. The van der Waals surface area contributed by atoms with E-state index in [2.05, 4.69) is 35.7 Å². The van der Waals surface area contributed by atoms with E-state index in [4.69, 9.17) is 9.72 Å². The van der Waals surface area contributed by atoms with Gasteiger partial charge in [0.05, 0.1) is 17.9 Å². The molecule has 2 aliphatic rings. The van der Waals surface area contributed by atoms with E-state index in [0.717, 1.165) is 47.5 Å². The number of benzene rings is 1. The van der Waals surface area contributed by atoms with Gasteiger partial charge in [0.2, 0.25) is 0 Å². The molecule has 2 aromatic heterocycles. The van der Waals surface area contributed by atoms with Gasteiger partial charge in [-0.15, -0.1) is 22.7 Å². The maximum Gasteiger partial charge on any atom is 0.341 e. The zero-order chi connectivity index (χ0) is 24.9. The Balaban J connectivity index is 1.35. The molecule has 0 spiro atoms. The van der Waals surface area contributed by atoms with Gasteiger partial charge in [0, 0.05) is 22.0 Å². The largest absolute Gasteiger partial charge is 0.462 e. The van der Waals surface area contributed by atoms with Crippen LogP contribution in [0.4, 0.5) is 5.00 Å². The Bertz CT molecular complexity index is 1290. The van der Waals surface area contributed by atoms with Gasteiger partial charge in [-0.3, -0.25) is 0 Å². The molecular formula is C29H31N3O2S2. The number of fused-ring (bicyclic) bond motifs is 1. The van der Waals surface area contributed by atoms with Gasteiger partial charge in [-0.05, 0) is 62.5 Å². The van der Waals surface area contributed by atoms with E-state index in [9.17, 15) is 10.1 Å². The predicted molar refractivity (Wildman–Crippen MR) is 148 cm³/mol. The molecule has 0 bridgehead atoms. The summed E-state index contributed by atoms with van der Waals surface area (Å²) in [7, 11) is 0. The SMILES string of the molecule is CCOC(=O)c1c(N/C=C(\C#N)c2nc(-c3ccc(C4CCCCC4)cc3)cs2)sc2c1CCCC2. The summed E-state index contributed by atoms with van der Waals surface area (Å²) in [4.78, 5) is 18.7. The van der Waals surface area contributed by atoms with Crippen molar-refractivity contribution in [1.29, 1.82) is 5.26 Å². The van der Waals surface area contributed by atoms with E-state index in [-0.39, 0.29) is 5.97 Å². The fourth-order valence-electron chi connectivity index (χ4n) is 5.26. The number of anilines is 1. The molecule has 36 heavy (non-hydrogen) atoms. The summed E-state index contributed by atoms with van der Waals surface area (Å²) >= 11 is 3.06. The van der Waals surface area contributed by atoms with E-state index < -0.39 is 0 Å². The third kappa shape index (κ3) is 5.25. The number of thiophene rings is 1. The molecule has 0 radical (unpaired) electrons. The summed E-state index contributed by atoms with van der Waals surface area (Å²) in [6, 6.07) is 11.1. The number of thiazole rings is 1. The number of hydrogen-bond donors (Lipinski definition) is 1. The molecule has 1 saturated carbocycles. The first-order valence-electron chi connectivity index (χ1n) is 12.9. The number of aryl methyl sites for hydroxylation is 1. The minimum atomic E-state index is -0.292. The van der Waals surface area contributed by atoms with Crippen molar-refractivity contribution in [2.75, 3.05) is 11.9 Å². The van der Waals surface area contributed by atoms with Crippen LogP contribution in [-0.2, 0) is 17.6 Å². The lowest BCUT2D eigenvalue weighted by Gasteiger charge is -2.22. The minimum Gasteiger partial charge on any atom is -0.462 e. The number of nitrogens with one attached hydrogen (secondary N) is 1. The molecule has 1 aromatic carbocycles. The molecule has 3 aromatic rings. The van der Waals surface area contributed by atoms with Crippen LogP contribution < -0.4 is 5.32 Å². The number of allylic oxidation sites excluding steroid dienone is 1. The van der Waals surface area contributed by atoms with Crippen LogP contribution in [0.5, 0.6) is 0 Å². The second kappa shape index (κ2) is 11.4. The average Bonchev–Trinajstić information content (AvgIpc) is 3.55. The van der Waals surface area contributed by atoms with Gasteiger partial charge < -0.3 is 10.1 Å². The third-order valence-electron chi connectivity index (χ3n) is 7.14. The smallest absolute Gasteiger partial charge is 0.341 e. The highest BCUT2D eigenvalue weighted by atomic mass is 32.1. The normalized spacial score (nSPS) is 16.3. The molecule has 2 heterocycles. The van der Waals surface area contributed by atoms with Crippen LogP contribution >= 0.6 is 22.7 Å². The maximum atomic E-state index is 12.7. The van der Waals surface area contributed by atoms with E-state index >= 15 is 0 Å². The van der Waals surface area contributed by atoms with Crippen LogP contribution in [0.15, 0.2) is 35.8 Å². The van der Waals surface area contributed by atoms with Gasteiger partial charge in [0.1, 0.15) is 21.7 Å². The predicted octanol–water partition coefficient (Wildman–Crippen LogP) is 7.95. The van der Waals surface area contributed by atoms with Crippen molar-refractivity contribution in [3.63, 3.8) is 0 Å². The van der Waals surface area contributed by atoms with Crippen LogP contribution in [0, 0.1) is 11.3 Å². The third-order valence-corrected chi connectivity index (χ3v) is 9.24. The van der Waals surface area contributed by atoms with Gasteiger partial charge in [0.15, 0.2) is 0 Å². The van der Waals surface area contributed by atoms with Crippen molar-refractivity contribution in [2.45, 2.75) is 70.6 Å². The van der Waals surface area contributed by atoms with Crippen molar-refractivity contribution < 1.29 is 9.53 Å². The standard InChI is InChI=1S/C29H31N3O2S2/c1-2-34-29(33)26-23-10-6-7-11-25(23)36-28(26)31-17-22(16-30)27-32-24(18-35-27)21-14-12-20(13-15-21)19-8-4-3-5-9-19/h12-15,17-19,31H,2-11H2,1H3/b22-17+. The van der Waals surface area contributed by atoms with Crippen LogP contribution in [0.3, 0.4) is 0 Å². The molecule has 186 valence electrons. The fraction of sp³-hybridized carbons (Fsp3) is 0.414. The molecule has 0 unspecified atom stereocenters. The van der Waals surface area contributed by atoms with E-state index in [0.29, 0.717) is 28.7 Å². The average molecular weight is 518 g/mol. The van der Waals surface area contributed by atoms with Crippen LogP contribution in [0.2, 0.25) is 0 Å². The lowest BCUT2D eigenvalue weighted by Crippen LogP contribution is -2.10. The summed E-state index contributed by atoms with van der Waals surface area (Å²) in [5.74, 6) is 0.389. The van der Waals surface area contributed by atoms with Crippen molar-refractivity contribution in [3.8, 4) is 17.3 Å². The summed E-state index contributed by atoms with van der Waals surface area (Å²) in [6.07, 6.45) is 12.4. The van der Waals surface area contributed by atoms with Crippen LogP contribution in [-0.4, -0.2) is 17.6 Å². The highest BCUT2D eigenvalue weighted by Crippen LogP contribution is 2.39. The Morgan fingerprint density at radius 3 is 2.69 bits per heavy atom. The van der Waals surface area contributed by atoms with Gasteiger partial charge in [-0.1, -0.05) is 43.5 Å². The molecule has 7 heteroatoms. The first kappa shape index (κ1) is 24.7. The van der Waals surface area contributed by atoms with E-state index in [1.54, 1.807) is 17.5 Å². The Labute approximate surface area is 220 Å². The molecule has 0 atom stereocenters. The monoisotopic (exact) mass is 517 g/mol. The summed E-state index contributed by atoms with van der Waals surface area (Å²) in [6.45, 7) is 2.16. The maximum absolute atomic E-state index is 12.7. The molecule has 2 aliphatic carbocycles. The summed E-state index contributed by atoms with van der Waals surface area (Å²) in [5.41, 5.74) is 5.55. The first-order chi connectivity index (χ1) is 17.7. The topological polar surface area (TPSA) is 75.0 Å². The molecule has 5 rings (SSSR count). The molecule has 0 saturated heterocycles. The van der Waals surface area contributed by atoms with Crippen LogP contribution in [0.1, 0.15) is 89.2 Å². The van der Waals surface area contributed by atoms with Gasteiger partial charge in [-0.25, -0.2) is 9.78 Å². The molecule has 0 aliphatic heterocycles. The van der Waals surface area contributed by atoms with Gasteiger partial charge in [-0.2, -0.15) is 5.26 Å². The summed E-state index contributed by atoms with van der Waals surface area (Å²) in [5, 5.41) is 16.5. The summed E-state index contributed by atoms with van der Waals surface area (Å²) < 4.78 is 5.34. The quantitative estimate of drug-likeness (QED) is 0.254. The number of esters is 1. The van der Waals surface area contributed by atoms with E-state index in [1.165, 1.54) is 53.9 Å². The number of hydrogen-bond acceptors (Lipinski definition) is 7. The van der Waals surface area contributed by atoms with Crippen molar-refractivity contribution in [3.05, 3.63) is 62.4 Å².